The number of rotatable bonds is 3. The quantitative estimate of drug-likeness (QED) is 0.843. The van der Waals surface area contributed by atoms with Gasteiger partial charge in [0, 0.05) is 6.04 Å². The third kappa shape index (κ3) is 2.56. The highest BCUT2D eigenvalue weighted by Crippen LogP contribution is 2.29. The van der Waals surface area contributed by atoms with Crippen molar-refractivity contribution in [2.75, 3.05) is 13.2 Å². The van der Waals surface area contributed by atoms with Crippen LogP contribution in [-0.4, -0.2) is 13.2 Å². The van der Waals surface area contributed by atoms with Gasteiger partial charge in [-0.2, -0.15) is 0 Å². The van der Waals surface area contributed by atoms with Gasteiger partial charge in [0.15, 0.2) is 0 Å². The smallest absolute Gasteiger partial charge is 0.119 e. The summed E-state index contributed by atoms with van der Waals surface area (Å²) >= 11 is 0. The summed E-state index contributed by atoms with van der Waals surface area (Å²) in [6, 6.07) is 9.03. The lowest BCUT2D eigenvalue weighted by atomic mass is 9.88. The van der Waals surface area contributed by atoms with E-state index in [2.05, 4.69) is 36.5 Å². The van der Waals surface area contributed by atoms with Crippen LogP contribution in [-0.2, 0) is 0 Å². The minimum Gasteiger partial charge on any atom is -0.494 e. The second kappa shape index (κ2) is 5.35. The van der Waals surface area contributed by atoms with Gasteiger partial charge >= 0.3 is 0 Å². The second-order valence-electron chi connectivity index (χ2n) is 4.55. The Balaban J connectivity index is 2.08. The molecule has 1 saturated heterocycles. The van der Waals surface area contributed by atoms with E-state index in [9.17, 15) is 0 Å². The number of benzene rings is 1. The lowest BCUT2D eigenvalue weighted by molar-refractivity contribution is 0.305. The molecule has 1 N–H and O–H groups in total. The van der Waals surface area contributed by atoms with E-state index in [0.29, 0.717) is 6.04 Å². The van der Waals surface area contributed by atoms with E-state index in [1.165, 1.54) is 18.4 Å². The van der Waals surface area contributed by atoms with Crippen LogP contribution in [0.3, 0.4) is 0 Å². The number of ether oxygens (including phenoxy) is 1. The summed E-state index contributed by atoms with van der Waals surface area (Å²) in [5.74, 6) is 1.70. The van der Waals surface area contributed by atoms with Crippen molar-refractivity contribution < 1.29 is 4.74 Å². The molecule has 1 heterocycles. The molecular formula is C14H21NO. The van der Waals surface area contributed by atoms with Crippen LogP contribution in [0.25, 0.3) is 0 Å². The molecule has 0 bridgehead atoms. The highest BCUT2D eigenvalue weighted by molar-refractivity contribution is 5.29. The molecule has 2 rings (SSSR count). The average molecular weight is 219 g/mol. The van der Waals surface area contributed by atoms with Crippen LogP contribution in [0.1, 0.15) is 38.3 Å². The topological polar surface area (TPSA) is 21.3 Å². The van der Waals surface area contributed by atoms with Gasteiger partial charge in [0.05, 0.1) is 6.61 Å². The molecule has 2 atom stereocenters. The van der Waals surface area contributed by atoms with Gasteiger partial charge in [0.1, 0.15) is 5.75 Å². The molecule has 1 aromatic rings. The monoisotopic (exact) mass is 219 g/mol. The van der Waals surface area contributed by atoms with Gasteiger partial charge in [0.25, 0.3) is 0 Å². The van der Waals surface area contributed by atoms with E-state index in [1.807, 2.05) is 6.92 Å². The van der Waals surface area contributed by atoms with Crippen molar-refractivity contribution in [3.63, 3.8) is 0 Å². The highest BCUT2D eigenvalue weighted by Gasteiger charge is 2.21. The summed E-state index contributed by atoms with van der Waals surface area (Å²) < 4.78 is 5.45. The third-order valence-electron chi connectivity index (χ3n) is 3.32. The molecule has 1 aliphatic heterocycles. The van der Waals surface area contributed by atoms with Crippen molar-refractivity contribution in [2.24, 2.45) is 5.92 Å². The van der Waals surface area contributed by atoms with E-state index in [4.69, 9.17) is 4.74 Å². The maximum atomic E-state index is 5.45. The molecule has 0 aromatic heterocycles. The second-order valence-corrected chi connectivity index (χ2v) is 4.55. The summed E-state index contributed by atoms with van der Waals surface area (Å²) in [5, 5.41) is 3.60. The summed E-state index contributed by atoms with van der Waals surface area (Å²) in [7, 11) is 0. The first-order chi connectivity index (χ1) is 7.81. The maximum absolute atomic E-state index is 5.45. The van der Waals surface area contributed by atoms with E-state index < -0.39 is 0 Å². The van der Waals surface area contributed by atoms with Gasteiger partial charge in [-0.3, -0.25) is 0 Å². The summed E-state index contributed by atoms with van der Waals surface area (Å²) in [4.78, 5) is 0. The lowest BCUT2D eigenvalue weighted by Gasteiger charge is -2.30. The molecular weight excluding hydrogens is 198 g/mol. The lowest BCUT2D eigenvalue weighted by Crippen LogP contribution is -2.32. The first kappa shape index (κ1) is 11.5. The Kier molecular flexibility index (Phi) is 3.83. The number of piperidine rings is 1. The SMILES string of the molecule is CCOc1ccc(C2NCCCC2C)cc1. The molecule has 1 aliphatic rings. The first-order valence-electron chi connectivity index (χ1n) is 6.27. The molecule has 2 nitrogen and oxygen atoms in total. The maximum Gasteiger partial charge on any atom is 0.119 e. The number of nitrogens with one attached hydrogen (secondary N) is 1. The Bertz CT molecular complexity index is 320. The van der Waals surface area contributed by atoms with Crippen LogP contribution >= 0.6 is 0 Å². The minimum absolute atomic E-state index is 0.518. The molecule has 0 radical (unpaired) electrons. The Labute approximate surface area is 98.0 Å². The van der Waals surface area contributed by atoms with Crippen LogP contribution in [0.4, 0.5) is 0 Å². The molecule has 0 amide bonds. The molecule has 2 heteroatoms. The normalized spacial score (nSPS) is 25.4. The predicted molar refractivity (Wildman–Crippen MR) is 66.8 cm³/mol. The fraction of sp³-hybridized carbons (Fsp3) is 0.571. The van der Waals surface area contributed by atoms with Crippen molar-refractivity contribution in [3.8, 4) is 5.75 Å². The van der Waals surface area contributed by atoms with E-state index in [-0.39, 0.29) is 0 Å². The van der Waals surface area contributed by atoms with Crippen molar-refractivity contribution in [1.82, 2.24) is 5.32 Å². The standard InChI is InChI=1S/C14H21NO/c1-3-16-13-8-6-12(7-9-13)14-11(2)5-4-10-15-14/h6-9,11,14-15H,3-5,10H2,1-2H3. The number of hydrogen-bond acceptors (Lipinski definition) is 2. The first-order valence-corrected chi connectivity index (χ1v) is 6.27. The van der Waals surface area contributed by atoms with E-state index in [1.54, 1.807) is 0 Å². The largest absolute Gasteiger partial charge is 0.494 e. The summed E-state index contributed by atoms with van der Waals surface area (Å²) in [5.41, 5.74) is 1.38. The van der Waals surface area contributed by atoms with Crippen LogP contribution in [0.5, 0.6) is 5.75 Å². The van der Waals surface area contributed by atoms with Crippen molar-refractivity contribution in [1.29, 1.82) is 0 Å². The Morgan fingerprint density at radius 2 is 2.06 bits per heavy atom. The van der Waals surface area contributed by atoms with Gasteiger partial charge in [-0.1, -0.05) is 19.1 Å². The molecule has 0 saturated carbocycles. The molecule has 16 heavy (non-hydrogen) atoms. The zero-order valence-electron chi connectivity index (χ0n) is 10.2. The van der Waals surface area contributed by atoms with Crippen LogP contribution in [0.2, 0.25) is 0 Å². The summed E-state index contributed by atoms with van der Waals surface area (Å²) in [6.07, 6.45) is 2.62. The Morgan fingerprint density at radius 1 is 1.31 bits per heavy atom. The van der Waals surface area contributed by atoms with Crippen molar-refractivity contribution in [3.05, 3.63) is 29.8 Å². The van der Waals surface area contributed by atoms with Gasteiger partial charge in [-0.25, -0.2) is 0 Å². The van der Waals surface area contributed by atoms with Gasteiger partial charge in [-0.15, -0.1) is 0 Å². The van der Waals surface area contributed by atoms with Gasteiger partial charge in [0.2, 0.25) is 0 Å². The Hall–Kier alpha value is -1.02. The summed E-state index contributed by atoms with van der Waals surface area (Å²) in [6.45, 7) is 6.21. The molecule has 1 aromatic carbocycles. The third-order valence-corrected chi connectivity index (χ3v) is 3.32. The number of hydrogen-bond donors (Lipinski definition) is 1. The fourth-order valence-electron chi connectivity index (χ4n) is 2.43. The van der Waals surface area contributed by atoms with Gasteiger partial charge < -0.3 is 10.1 Å². The fourth-order valence-corrected chi connectivity index (χ4v) is 2.43. The highest BCUT2D eigenvalue weighted by atomic mass is 16.5. The molecule has 0 spiro atoms. The zero-order valence-corrected chi connectivity index (χ0v) is 10.2. The zero-order chi connectivity index (χ0) is 11.4. The van der Waals surface area contributed by atoms with Crippen molar-refractivity contribution >= 4 is 0 Å². The van der Waals surface area contributed by atoms with Gasteiger partial charge in [-0.05, 0) is 49.9 Å². The molecule has 2 unspecified atom stereocenters. The van der Waals surface area contributed by atoms with E-state index >= 15 is 0 Å². The Morgan fingerprint density at radius 3 is 2.69 bits per heavy atom. The van der Waals surface area contributed by atoms with E-state index in [0.717, 1.165) is 24.8 Å². The van der Waals surface area contributed by atoms with Crippen LogP contribution in [0.15, 0.2) is 24.3 Å². The predicted octanol–water partition coefficient (Wildman–Crippen LogP) is 3.15. The molecule has 88 valence electrons. The average Bonchev–Trinajstić information content (AvgIpc) is 2.31. The molecule has 1 fully saturated rings. The molecule has 0 aliphatic carbocycles. The van der Waals surface area contributed by atoms with Crippen LogP contribution < -0.4 is 10.1 Å². The van der Waals surface area contributed by atoms with Crippen LogP contribution in [0, 0.1) is 5.92 Å². The minimum atomic E-state index is 0.518. The van der Waals surface area contributed by atoms with Crippen molar-refractivity contribution in [2.45, 2.75) is 32.7 Å².